The Labute approximate surface area is 157 Å². The number of carbonyl (C=O) groups excluding carboxylic acids is 1. The number of amides is 1. The number of hydrogen-bond donors (Lipinski definition) is 1. The van der Waals surface area contributed by atoms with E-state index in [0.717, 1.165) is 29.1 Å². The van der Waals surface area contributed by atoms with E-state index in [1.165, 1.54) is 11.8 Å². The van der Waals surface area contributed by atoms with E-state index in [-0.39, 0.29) is 11.7 Å². The van der Waals surface area contributed by atoms with Crippen molar-refractivity contribution in [1.29, 1.82) is 0 Å². The number of hydrazone groups is 1. The van der Waals surface area contributed by atoms with Gasteiger partial charge in [0.2, 0.25) is 5.91 Å². The third-order valence-corrected chi connectivity index (χ3v) is 4.51. The van der Waals surface area contributed by atoms with Gasteiger partial charge in [0.25, 0.3) is 0 Å². The van der Waals surface area contributed by atoms with Crippen LogP contribution < -0.4 is 10.2 Å². The molecule has 0 aliphatic rings. The fourth-order valence-electron chi connectivity index (χ4n) is 1.93. The first kappa shape index (κ1) is 19.3. The van der Waals surface area contributed by atoms with Crippen molar-refractivity contribution in [1.82, 2.24) is 5.43 Å². The van der Waals surface area contributed by atoms with Crippen LogP contribution in [-0.4, -0.2) is 24.5 Å². The van der Waals surface area contributed by atoms with Crippen molar-refractivity contribution < 1.29 is 9.53 Å². The Morgan fingerprint density at radius 2 is 2.00 bits per heavy atom. The summed E-state index contributed by atoms with van der Waals surface area (Å²) in [4.78, 5) is 12.9. The van der Waals surface area contributed by atoms with E-state index in [1.807, 2.05) is 36.4 Å². The van der Waals surface area contributed by atoms with Gasteiger partial charge in [0.05, 0.1) is 18.6 Å². The predicted octanol–water partition coefficient (Wildman–Crippen LogP) is 4.76. The molecule has 2 aromatic rings. The van der Waals surface area contributed by atoms with Gasteiger partial charge in [-0.1, -0.05) is 37.1 Å². The summed E-state index contributed by atoms with van der Waals surface area (Å²) in [5.41, 5.74) is 3.37. The number of halogens is 1. The SMILES string of the molecule is CCCCOc1ccccc1C=NNC(=O)CSc1ccc(Cl)cc1. The summed E-state index contributed by atoms with van der Waals surface area (Å²) < 4.78 is 5.73. The van der Waals surface area contributed by atoms with Gasteiger partial charge in [0, 0.05) is 15.5 Å². The summed E-state index contributed by atoms with van der Waals surface area (Å²) in [7, 11) is 0. The molecular formula is C19H21ClN2O2S. The molecule has 6 heteroatoms. The molecule has 1 N–H and O–H groups in total. The summed E-state index contributed by atoms with van der Waals surface area (Å²) in [6, 6.07) is 15.0. The molecule has 0 saturated carbocycles. The quantitative estimate of drug-likeness (QED) is 0.297. The highest BCUT2D eigenvalue weighted by atomic mass is 35.5. The van der Waals surface area contributed by atoms with Crippen molar-refractivity contribution in [2.24, 2.45) is 5.10 Å². The zero-order valence-electron chi connectivity index (χ0n) is 14.1. The highest BCUT2D eigenvalue weighted by Gasteiger charge is 2.03. The van der Waals surface area contributed by atoms with Crippen LogP contribution in [0.4, 0.5) is 0 Å². The van der Waals surface area contributed by atoms with Crippen molar-refractivity contribution >= 4 is 35.5 Å². The molecule has 0 aliphatic carbocycles. The Hall–Kier alpha value is -1.98. The number of ether oxygens (including phenoxy) is 1. The van der Waals surface area contributed by atoms with E-state index in [0.29, 0.717) is 11.6 Å². The van der Waals surface area contributed by atoms with Crippen LogP contribution in [0.25, 0.3) is 0 Å². The molecule has 4 nitrogen and oxygen atoms in total. The van der Waals surface area contributed by atoms with Crippen LogP contribution >= 0.6 is 23.4 Å². The molecule has 0 spiro atoms. The molecule has 0 saturated heterocycles. The third-order valence-electron chi connectivity index (χ3n) is 3.25. The molecular weight excluding hydrogens is 356 g/mol. The number of hydrogen-bond acceptors (Lipinski definition) is 4. The number of nitrogens with zero attached hydrogens (tertiary/aromatic N) is 1. The summed E-state index contributed by atoms with van der Waals surface area (Å²) in [5, 5.41) is 4.70. The summed E-state index contributed by atoms with van der Waals surface area (Å²) in [6.07, 6.45) is 3.69. The standard InChI is InChI=1S/C19H21ClN2O2S/c1-2-3-12-24-18-7-5-4-6-15(18)13-21-22-19(23)14-25-17-10-8-16(20)9-11-17/h4-11,13H,2-3,12,14H2,1H3,(H,22,23). The molecule has 0 fully saturated rings. The summed E-state index contributed by atoms with van der Waals surface area (Å²) in [5.74, 6) is 0.887. The van der Waals surface area contributed by atoms with Crippen LogP contribution in [0.2, 0.25) is 5.02 Å². The Morgan fingerprint density at radius 3 is 2.76 bits per heavy atom. The highest BCUT2D eigenvalue weighted by molar-refractivity contribution is 8.00. The molecule has 0 radical (unpaired) electrons. The van der Waals surface area contributed by atoms with Crippen LogP contribution in [0, 0.1) is 0 Å². The second-order valence-electron chi connectivity index (χ2n) is 5.28. The Morgan fingerprint density at radius 1 is 1.24 bits per heavy atom. The first-order valence-electron chi connectivity index (χ1n) is 8.11. The van der Waals surface area contributed by atoms with Crippen molar-refractivity contribution in [3.05, 3.63) is 59.1 Å². The Balaban J connectivity index is 1.81. The van der Waals surface area contributed by atoms with Crippen molar-refractivity contribution in [3.8, 4) is 5.75 Å². The minimum absolute atomic E-state index is 0.166. The number of carbonyl (C=O) groups is 1. The normalized spacial score (nSPS) is 10.8. The average Bonchev–Trinajstić information content (AvgIpc) is 2.63. The molecule has 0 bridgehead atoms. The van der Waals surface area contributed by atoms with Crippen LogP contribution in [0.5, 0.6) is 5.75 Å². The van der Waals surface area contributed by atoms with Gasteiger partial charge in [-0.15, -0.1) is 11.8 Å². The molecule has 2 aromatic carbocycles. The topological polar surface area (TPSA) is 50.7 Å². The van der Waals surface area contributed by atoms with Crippen molar-refractivity contribution in [2.75, 3.05) is 12.4 Å². The Bertz CT molecular complexity index is 705. The van der Waals surface area contributed by atoms with E-state index in [9.17, 15) is 4.79 Å². The molecule has 132 valence electrons. The van der Waals surface area contributed by atoms with Gasteiger partial charge in [0.15, 0.2) is 0 Å². The third kappa shape index (κ3) is 7.20. The number of para-hydroxylation sites is 1. The monoisotopic (exact) mass is 376 g/mol. The van der Waals surface area contributed by atoms with Crippen LogP contribution in [-0.2, 0) is 4.79 Å². The number of thioether (sulfide) groups is 1. The molecule has 0 aliphatic heterocycles. The number of nitrogens with one attached hydrogen (secondary N) is 1. The molecule has 0 heterocycles. The van der Waals surface area contributed by atoms with Crippen LogP contribution in [0.3, 0.4) is 0 Å². The Kier molecular flexibility index (Phi) is 8.35. The second-order valence-corrected chi connectivity index (χ2v) is 6.76. The van der Waals surface area contributed by atoms with E-state index in [1.54, 1.807) is 18.3 Å². The zero-order chi connectivity index (χ0) is 17.9. The first-order chi connectivity index (χ1) is 12.2. The molecule has 0 unspecified atom stereocenters. The number of rotatable bonds is 9. The highest BCUT2D eigenvalue weighted by Crippen LogP contribution is 2.20. The van der Waals surface area contributed by atoms with Crippen molar-refractivity contribution in [2.45, 2.75) is 24.7 Å². The van der Waals surface area contributed by atoms with Crippen LogP contribution in [0.15, 0.2) is 58.5 Å². The number of unbranched alkanes of at least 4 members (excludes halogenated alkanes) is 1. The predicted molar refractivity (Wildman–Crippen MR) is 105 cm³/mol. The smallest absolute Gasteiger partial charge is 0.250 e. The van der Waals surface area contributed by atoms with Gasteiger partial charge in [-0.2, -0.15) is 5.10 Å². The molecule has 0 aromatic heterocycles. The van der Waals surface area contributed by atoms with Crippen LogP contribution in [0.1, 0.15) is 25.3 Å². The number of benzene rings is 2. The van der Waals surface area contributed by atoms with Gasteiger partial charge < -0.3 is 4.74 Å². The van der Waals surface area contributed by atoms with Gasteiger partial charge in [-0.05, 0) is 42.8 Å². The van der Waals surface area contributed by atoms with Crippen molar-refractivity contribution in [3.63, 3.8) is 0 Å². The minimum atomic E-state index is -0.166. The maximum Gasteiger partial charge on any atom is 0.250 e. The van der Waals surface area contributed by atoms with Gasteiger partial charge in [-0.3, -0.25) is 4.79 Å². The molecule has 2 rings (SSSR count). The fraction of sp³-hybridized carbons (Fsp3) is 0.263. The van der Waals surface area contributed by atoms with E-state index < -0.39 is 0 Å². The molecule has 25 heavy (non-hydrogen) atoms. The average molecular weight is 377 g/mol. The fourth-order valence-corrected chi connectivity index (χ4v) is 2.75. The lowest BCUT2D eigenvalue weighted by Crippen LogP contribution is -2.19. The summed E-state index contributed by atoms with van der Waals surface area (Å²) >= 11 is 7.27. The lowest BCUT2D eigenvalue weighted by atomic mass is 10.2. The lowest BCUT2D eigenvalue weighted by molar-refractivity contribution is -0.118. The van der Waals surface area contributed by atoms with E-state index in [2.05, 4.69) is 17.5 Å². The zero-order valence-corrected chi connectivity index (χ0v) is 15.6. The first-order valence-corrected chi connectivity index (χ1v) is 9.47. The lowest BCUT2D eigenvalue weighted by Gasteiger charge is -2.08. The second kappa shape index (κ2) is 10.8. The van der Waals surface area contributed by atoms with Gasteiger partial charge >= 0.3 is 0 Å². The molecule has 1 amide bonds. The van der Waals surface area contributed by atoms with E-state index in [4.69, 9.17) is 16.3 Å². The maximum atomic E-state index is 11.9. The minimum Gasteiger partial charge on any atom is -0.493 e. The summed E-state index contributed by atoms with van der Waals surface area (Å²) in [6.45, 7) is 2.79. The maximum absolute atomic E-state index is 11.9. The van der Waals surface area contributed by atoms with Gasteiger partial charge in [0.1, 0.15) is 5.75 Å². The van der Waals surface area contributed by atoms with Gasteiger partial charge in [-0.25, -0.2) is 5.43 Å². The molecule has 0 atom stereocenters. The largest absolute Gasteiger partial charge is 0.493 e. The van der Waals surface area contributed by atoms with E-state index >= 15 is 0 Å².